The lowest BCUT2D eigenvalue weighted by molar-refractivity contribution is 0.886. The third kappa shape index (κ3) is 31.2. The van der Waals surface area contributed by atoms with Crippen LogP contribution in [0.5, 0.6) is 0 Å². The van der Waals surface area contributed by atoms with Gasteiger partial charge in [-0.05, 0) is 0 Å². The van der Waals surface area contributed by atoms with Crippen LogP contribution in [0.2, 0.25) is 5.28 Å². The van der Waals surface area contributed by atoms with Crippen molar-refractivity contribution in [3.05, 3.63) is 0 Å². The molecule has 0 saturated heterocycles. The van der Waals surface area contributed by atoms with Gasteiger partial charge in [0.15, 0.2) is 0 Å². The second kappa shape index (κ2) is 15.6. The van der Waals surface area contributed by atoms with E-state index in [4.69, 9.17) is 0 Å². The number of hydrogen-bond acceptors (Lipinski definition) is 0. The molecule has 0 fully saturated rings. The molecule has 0 aromatic carbocycles. The average Bonchev–Trinajstić information content (AvgIpc) is 1.88. The van der Waals surface area contributed by atoms with E-state index in [0.717, 1.165) is 0 Å². The van der Waals surface area contributed by atoms with E-state index in [2.05, 4.69) is 20.8 Å². The molecule has 0 aromatic rings. The third-order valence-electron chi connectivity index (χ3n) is 1.000. The molecule has 0 spiro atoms. The van der Waals surface area contributed by atoms with Crippen molar-refractivity contribution < 1.29 is 0 Å². The maximum Gasteiger partial charge on any atom is 0.211 e. The van der Waals surface area contributed by atoms with Crippen LogP contribution in [0.4, 0.5) is 0 Å². The van der Waals surface area contributed by atoms with Gasteiger partial charge in [0.25, 0.3) is 0 Å². The molecule has 0 N–H and O–H groups in total. The fourth-order valence-electron chi connectivity index (χ4n) is 0. The van der Waals surface area contributed by atoms with Crippen LogP contribution < -0.4 is 0 Å². The van der Waals surface area contributed by atoms with Gasteiger partial charge in [0.1, 0.15) is 0 Å². The summed E-state index contributed by atoms with van der Waals surface area (Å²) in [5.41, 5.74) is 0. The summed E-state index contributed by atoms with van der Waals surface area (Å²) >= 11 is 1.39. The Morgan fingerprint density at radius 1 is 0.875 bits per heavy atom. The van der Waals surface area contributed by atoms with E-state index in [-0.39, 0.29) is 0 Å². The zero-order valence-corrected chi connectivity index (χ0v) is 8.83. The van der Waals surface area contributed by atoms with Crippen molar-refractivity contribution in [2.45, 2.75) is 45.3 Å². The Labute approximate surface area is 62.1 Å². The summed E-state index contributed by atoms with van der Waals surface area (Å²) in [6.45, 7) is 6.58. The van der Waals surface area contributed by atoms with E-state index in [1.807, 2.05) is 0 Å². The van der Waals surface area contributed by atoms with Crippen LogP contribution in [0.3, 0.4) is 0 Å². The lowest BCUT2D eigenvalue weighted by Gasteiger charge is -1.68. The zero-order chi connectivity index (χ0) is 6.83. The maximum absolute atomic E-state index is 2.22. The Morgan fingerprint density at radius 2 is 1.12 bits per heavy atom. The van der Waals surface area contributed by atoms with E-state index >= 15 is 0 Å². The van der Waals surface area contributed by atoms with Crippen molar-refractivity contribution in [2.24, 2.45) is 0 Å². The summed E-state index contributed by atoms with van der Waals surface area (Å²) < 4.78 is 0. The van der Waals surface area contributed by atoms with Gasteiger partial charge < -0.3 is 0 Å². The predicted molar refractivity (Wildman–Crippen MR) is 44.2 cm³/mol. The Hall–Kier alpha value is 0.532. The second-order valence-corrected chi connectivity index (χ2v) is 3.00. The first-order chi connectivity index (χ1) is 3.83. The first-order valence-corrected chi connectivity index (χ1v) is 5.24. The first-order valence-electron chi connectivity index (χ1n) is 3.83. The van der Waals surface area contributed by atoms with Crippen molar-refractivity contribution >= 4 is 16.3 Å². The molecule has 0 bridgehead atoms. The van der Waals surface area contributed by atoms with Crippen LogP contribution in [0, 0.1) is 0 Å². The van der Waals surface area contributed by atoms with Gasteiger partial charge in [-0.15, -0.1) is 5.28 Å². The van der Waals surface area contributed by atoms with Gasteiger partial charge in [0, 0.05) is 0 Å². The van der Waals surface area contributed by atoms with Gasteiger partial charge in [0.05, 0.1) is 0 Å². The fourth-order valence-corrected chi connectivity index (χ4v) is 0. The predicted octanol–water partition coefficient (Wildman–Crippen LogP) is 2.25. The van der Waals surface area contributed by atoms with Crippen molar-refractivity contribution in [3.8, 4) is 0 Å². The van der Waals surface area contributed by atoms with E-state index in [0.29, 0.717) is 0 Å². The monoisotopic (exact) mass is 130 g/mol. The largest absolute Gasteiger partial charge is 0.211 e. The van der Waals surface area contributed by atoms with Crippen LogP contribution in [-0.4, -0.2) is 16.3 Å². The summed E-state index contributed by atoms with van der Waals surface area (Å²) in [5, 5.41) is 1.46. The van der Waals surface area contributed by atoms with Crippen LogP contribution in [0.15, 0.2) is 0 Å². The Balaban J connectivity index is 0. The summed E-state index contributed by atoms with van der Waals surface area (Å²) in [6, 6.07) is 0. The van der Waals surface area contributed by atoms with Crippen molar-refractivity contribution in [2.75, 3.05) is 0 Å². The molecular weight excluding hydrogens is 111 g/mol. The molecule has 0 aliphatic carbocycles. The summed E-state index contributed by atoms with van der Waals surface area (Å²) in [6.07, 6.45) is 4.02. The minimum atomic E-state index is 1.32. The minimum absolute atomic E-state index is 1.32. The van der Waals surface area contributed by atoms with E-state index in [1.54, 1.807) is 0 Å². The highest BCUT2D eigenvalue weighted by molar-refractivity contribution is 6.08. The molecule has 8 heavy (non-hydrogen) atoms. The lowest BCUT2D eigenvalue weighted by atomic mass is 10.4. The lowest BCUT2D eigenvalue weighted by Crippen LogP contribution is -1.55. The molecule has 0 saturated carbocycles. The van der Waals surface area contributed by atoms with Crippen LogP contribution in [0.25, 0.3) is 0 Å². The SMILES string of the molecule is CCCC.CC[CH2][AlH2]. The highest BCUT2D eigenvalue weighted by atomic mass is 27.0. The molecule has 1 heteroatoms. The molecule has 0 amide bonds. The topological polar surface area (TPSA) is 0 Å². The second-order valence-electron chi connectivity index (χ2n) is 2.00. The molecule has 0 heterocycles. The molecule has 0 aliphatic rings. The third-order valence-corrected chi connectivity index (χ3v) is 2.00. The van der Waals surface area contributed by atoms with Gasteiger partial charge in [-0.1, -0.05) is 40.0 Å². The van der Waals surface area contributed by atoms with Crippen molar-refractivity contribution in [3.63, 3.8) is 0 Å². The average molecular weight is 130 g/mol. The minimum Gasteiger partial charge on any atom is -0.101 e. The maximum atomic E-state index is 2.22. The first kappa shape index (κ1) is 11.3. The van der Waals surface area contributed by atoms with E-state index in [9.17, 15) is 0 Å². The van der Waals surface area contributed by atoms with Crippen molar-refractivity contribution in [1.82, 2.24) is 0 Å². The molecule has 0 atom stereocenters. The van der Waals surface area contributed by atoms with Crippen molar-refractivity contribution in [1.29, 1.82) is 0 Å². The van der Waals surface area contributed by atoms with Crippen LogP contribution >= 0.6 is 0 Å². The van der Waals surface area contributed by atoms with Crippen LogP contribution in [0.1, 0.15) is 40.0 Å². The number of hydrogen-bond donors (Lipinski definition) is 0. The molecule has 0 aromatic heterocycles. The van der Waals surface area contributed by atoms with Crippen LogP contribution in [-0.2, 0) is 0 Å². The quantitative estimate of drug-likeness (QED) is 0.503. The standard InChI is InChI=1S/C4H10.C3H7.Al.2H/c1-3-4-2;1-3-2;;;/h3-4H2,1-2H3;1,3H2,2H3;;;. The molecule has 0 aliphatic heterocycles. The Morgan fingerprint density at radius 3 is 1.12 bits per heavy atom. The van der Waals surface area contributed by atoms with E-state index in [1.165, 1.54) is 40.8 Å². The Bertz CT molecular complexity index is 12.3. The summed E-state index contributed by atoms with van der Waals surface area (Å²) in [5.74, 6) is 0. The van der Waals surface area contributed by atoms with E-state index < -0.39 is 0 Å². The molecule has 0 unspecified atom stereocenters. The summed E-state index contributed by atoms with van der Waals surface area (Å²) in [7, 11) is 0. The van der Waals surface area contributed by atoms with Gasteiger partial charge in [-0.2, -0.15) is 0 Å². The molecule has 0 rings (SSSR count). The molecule has 50 valence electrons. The molecule has 0 radical (unpaired) electrons. The smallest absolute Gasteiger partial charge is 0.101 e. The highest BCUT2D eigenvalue weighted by Gasteiger charge is 1.59. The zero-order valence-electron chi connectivity index (χ0n) is 6.83. The summed E-state index contributed by atoms with van der Waals surface area (Å²) in [4.78, 5) is 0. The normalized spacial score (nSPS) is 7.38. The fraction of sp³-hybridized carbons (Fsp3) is 1.00. The van der Waals surface area contributed by atoms with Gasteiger partial charge >= 0.3 is 0 Å². The Kier molecular flexibility index (Phi) is 22.2. The van der Waals surface area contributed by atoms with Gasteiger partial charge in [-0.25, -0.2) is 0 Å². The highest BCUT2D eigenvalue weighted by Crippen LogP contribution is 1.76. The molecular formula is C7H19Al. The van der Waals surface area contributed by atoms with Gasteiger partial charge in [0.2, 0.25) is 16.3 Å². The number of rotatable bonds is 2. The van der Waals surface area contributed by atoms with Gasteiger partial charge in [-0.3, -0.25) is 0 Å². The number of unbranched alkanes of at least 4 members (excludes halogenated alkanes) is 1. The molecule has 0 nitrogen and oxygen atoms in total.